The van der Waals surface area contributed by atoms with Crippen LogP contribution < -0.4 is 5.32 Å². The number of pyridine rings is 1. The Labute approximate surface area is 92.5 Å². The first-order valence-corrected chi connectivity index (χ1v) is 5.38. The van der Waals surface area contributed by atoms with Crippen LogP contribution in [0.3, 0.4) is 0 Å². The zero-order valence-electron chi connectivity index (χ0n) is 10.1. The summed E-state index contributed by atoms with van der Waals surface area (Å²) in [4.78, 5) is 6.52. The third-order valence-electron chi connectivity index (χ3n) is 2.55. The lowest BCUT2D eigenvalue weighted by Crippen LogP contribution is -2.23. The smallest absolute Gasteiger partial charge is 0.0372 e. The molecule has 3 nitrogen and oxygen atoms in total. The van der Waals surface area contributed by atoms with Crippen LogP contribution in [-0.2, 0) is 0 Å². The summed E-state index contributed by atoms with van der Waals surface area (Å²) in [6.07, 6.45) is 3.07. The van der Waals surface area contributed by atoms with Gasteiger partial charge in [0, 0.05) is 17.9 Å². The predicted octanol–water partition coefficient (Wildman–Crippen LogP) is 1.60. The second kappa shape index (κ2) is 5.83. The Morgan fingerprint density at radius 2 is 2.13 bits per heavy atom. The van der Waals surface area contributed by atoms with Gasteiger partial charge in [-0.3, -0.25) is 4.98 Å². The van der Waals surface area contributed by atoms with Gasteiger partial charge in [0.2, 0.25) is 0 Å². The second-order valence-electron chi connectivity index (χ2n) is 4.17. The van der Waals surface area contributed by atoms with Crippen molar-refractivity contribution in [1.29, 1.82) is 0 Å². The Balaban J connectivity index is 2.61. The van der Waals surface area contributed by atoms with E-state index in [4.69, 9.17) is 0 Å². The largest absolute Gasteiger partial charge is 0.313 e. The number of nitrogens with one attached hydrogen (secondary N) is 1. The molecule has 1 atom stereocenters. The van der Waals surface area contributed by atoms with E-state index in [2.05, 4.69) is 41.4 Å². The van der Waals surface area contributed by atoms with Crippen LogP contribution in [0.5, 0.6) is 0 Å². The molecule has 1 aromatic rings. The van der Waals surface area contributed by atoms with Crippen LogP contribution in [-0.4, -0.2) is 37.6 Å². The lowest BCUT2D eigenvalue weighted by molar-refractivity contribution is 0.368. The van der Waals surface area contributed by atoms with E-state index in [-0.39, 0.29) is 0 Å². The van der Waals surface area contributed by atoms with Crippen LogP contribution in [0.2, 0.25) is 0 Å². The molecule has 15 heavy (non-hydrogen) atoms. The molecule has 0 radical (unpaired) electrons. The van der Waals surface area contributed by atoms with Crippen LogP contribution in [0.15, 0.2) is 18.3 Å². The summed E-state index contributed by atoms with van der Waals surface area (Å²) in [6.45, 7) is 3.09. The molecule has 0 aromatic carbocycles. The van der Waals surface area contributed by atoms with Gasteiger partial charge in [-0.1, -0.05) is 6.07 Å². The van der Waals surface area contributed by atoms with E-state index in [0.29, 0.717) is 6.04 Å². The summed E-state index contributed by atoms with van der Waals surface area (Å²) in [7, 11) is 6.19. The van der Waals surface area contributed by atoms with Crippen molar-refractivity contribution in [2.24, 2.45) is 0 Å². The molecule has 84 valence electrons. The molecular weight excluding hydrogens is 186 g/mol. The van der Waals surface area contributed by atoms with Crippen molar-refractivity contribution >= 4 is 0 Å². The summed E-state index contributed by atoms with van der Waals surface area (Å²) >= 11 is 0. The highest BCUT2D eigenvalue weighted by atomic mass is 15.1. The van der Waals surface area contributed by atoms with Gasteiger partial charge in [0.15, 0.2) is 0 Å². The third-order valence-corrected chi connectivity index (χ3v) is 2.55. The first-order chi connectivity index (χ1) is 7.13. The van der Waals surface area contributed by atoms with E-state index in [0.717, 1.165) is 18.7 Å². The molecule has 0 aliphatic carbocycles. The van der Waals surface area contributed by atoms with Gasteiger partial charge in [0.25, 0.3) is 0 Å². The van der Waals surface area contributed by atoms with Crippen molar-refractivity contribution in [3.8, 4) is 0 Å². The predicted molar refractivity (Wildman–Crippen MR) is 63.9 cm³/mol. The summed E-state index contributed by atoms with van der Waals surface area (Å²) in [5, 5.41) is 3.33. The van der Waals surface area contributed by atoms with Crippen LogP contribution in [0, 0.1) is 6.92 Å². The molecule has 0 saturated heterocycles. The van der Waals surface area contributed by atoms with E-state index < -0.39 is 0 Å². The molecule has 1 unspecified atom stereocenters. The van der Waals surface area contributed by atoms with Gasteiger partial charge in [0.05, 0.1) is 0 Å². The van der Waals surface area contributed by atoms with E-state index in [1.54, 1.807) is 0 Å². The van der Waals surface area contributed by atoms with Gasteiger partial charge in [-0.25, -0.2) is 0 Å². The van der Waals surface area contributed by atoms with Gasteiger partial charge in [-0.2, -0.15) is 0 Å². The van der Waals surface area contributed by atoms with Gasteiger partial charge < -0.3 is 10.2 Å². The van der Waals surface area contributed by atoms with E-state index >= 15 is 0 Å². The molecule has 0 spiro atoms. The first kappa shape index (κ1) is 12.1. The fourth-order valence-electron chi connectivity index (χ4n) is 1.55. The van der Waals surface area contributed by atoms with E-state index in [1.807, 2.05) is 20.2 Å². The molecule has 0 amide bonds. The number of aryl methyl sites for hydroxylation is 1. The summed E-state index contributed by atoms with van der Waals surface area (Å²) in [5.74, 6) is 0. The van der Waals surface area contributed by atoms with Crippen molar-refractivity contribution in [2.75, 3.05) is 27.7 Å². The second-order valence-corrected chi connectivity index (χ2v) is 4.17. The minimum atomic E-state index is 0.403. The normalized spacial score (nSPS) is 13.1. The SMILES string of the molecule is CNC(CCN(C)C)c1ccc(C)nc1. The molecule has 1 aromatic heterocycles. The van der Waals surface area contributed by atoms with Crippen molar-refractivity contribution in [2.45, 2.75) is 19.4 Å². The third kappa shape index (κ3) is 3.98. The van der Waals surface area contributed by atoms with Gasteiger partial charge in [0.1, 0.15) is 0 Å². The number of hydrogen-bond donors (Lipinski definition) is 1. The minimum absolute atomic E-state index is 0.403. The zero-order valence-corrected chi connectivity index (χ0v) is 10.1. The topological polar surface area (TPSA) is 28.2 Å². The summed E-state index contributed by atoms with van der Waals surface area (Å²) in [6, 6.07) is 4.62. The van der Waals surface area contributed by atoms with Gasteiger partial charge >= 0.3 is 0 Å². The highest BCUT2D eigenvalue weighted by molar-refractivity contribution is 5.17. The Morgan fingerprint density at radius 3 is 2.60 bits per heavy atom. The maximum absolute atomic E-state index is 4.32. The molecular formula is C12H21N3. The summed E-state index contributed by atoms with van der Waals surface area (Å²) < 4.78 is 0. The molecule has 0 aliphatic rings. The van der Waals surface area contributed by atoms with Crippen LogP contribution >= 0.6 is 0 Å². The molecule has 1 N–H and O–H groups in total. The first-order valence-electron chi connectivity index (χ1n) is 5.38. The molecule has 1 rings (SSSR count). The van der Waals surface area contributed by atoms with Crippen LogP contribution in [0.4, 0.5) is 0 Å². The maximum Gasteiger partial charge on any atom is 0.0372 e. The molecule has 1 heterocycles. The fraction of sp³-hybridized carbons (Fsp3) is 0.583. The Hall–Kier alpha value is -0.930. The highest BCUT2D eigenvalue weighted by Gasteiger charge is 2.09. The zero-order chi connectivity index (χ0) is 11.3. The number of nitrogens with zero attached hydrogens (tertiary/aromatic N) is 2. The average Bonchev–Trinajstić information content (AvgIpc) is 2.21. The average molecular weight is 207 g/mol. The van der Waals surface area contributed by atoms with Crippen LogP contribution in [0.25, 0.3) is 0 Å². The van der Waals surface area contributed by atoms with Crippen molar-refractivity contribution in [3.63, 3.8) is 0 Å². The standard InChI is InChI=1S/C12H21N3/c1-10-5-6-11(9-14-10)12(13-2)7-8-15(3)4/h5-6,9,12-13H,7-8H2,1-4H3. The minimum Gasteiger partial charge on any atom is -0.313 e. The van der Waals surface area contributed by atoms with E-state index in [9.17, 15) is 0 Å². The quantitative estimate of drug-likeness (QED) is 0.795. The maximum atomic E-state index is 4.32. The fourth-order valence-corrected chi connectivity index (χ4v) is 1.55. The molecule has 0 bridgehead atoms. The van der Waals surface area contributed by atoms with Crippen molar-refractivity contribution < 1.29 is 0 Å². The van der Waals surface area contributed by atoms with Crippen molar-refractivity contribution in [1.82, 2.24) is 15.2 Å². The summed E-state index contributed by atoms with van der Waals surface area (Å²) in [5.41, 5.74) is 2.34. The molecule has 0 aliphatic heterocycles. The monoisotopic (exact) mass is 207 g/mol. The Morgan fingerprint density at radius 1 is 1.40 bits per heavy atom. The lowest BCUT2D eigenvalue weighted by Gasteiger charge is -2.18. The Bertz CT molecular complexity index is 279. The molecule has 0 saturated carbocycles. The molecule has 3 heteroatoms. The van der Waals surface area contributed by atoms with Gasteiger partial charge in [-0.15, -0.1) is 0 Å². The Kier molecular flexibility index (Phi) is 4.72. The highest BCUT2D eigenvalue weighted by Crippen LogP contribution is 2.15. The molecule has 0 fully saturated rings. The van der Waals surface area contributed by atoms with E-state index in [1.165, 1.54) is 5.56 Å². The van der Waals surface area contributed by atoms with Gasteiger partial charge in [-0.05, 0) is 52.7 Å². The lowest BCUT2D eigenvalue weighted by atomic mass is 10.1. The van der Waals surface area contributed by atoms with Crippen molar-refractivity contribution in [3.05, 3.63) is 29.6 Å². The number of rotatable bonds is 5. The number of hydrogen-bond acceptors (Lipinski definition) is 3. The van der Waals surface area contributed by atoms with Crippen LogP contribution in [0.1, 0.15) is 23.7 Å². The number of aromatic nitrogens is 1.